The third kappa shape index (κ3) is 5.88. The molecule has 0 aliphatic carbocycles. The lowest BCUT2D eigenvalue weighted by atomic mass is 10.00. The lowest BCUT2D eigenvalue weighted by molar-refractivity contribution is -0.127. The fourth-order valence-electron chi connectivity index (χ4n) is 2.52. The number of benzene rings is 1. The number of rotatable bonds is 6. The van der Waals surface area contributed by atoms with Crippen LogP contribution in [-0.4, -0.2) is 17.9 Å². The molecule has 2 rings (SSSR count). The normalized spacial score (nSPS) is 11.7. The molecule has 1 aromatic heterocycles. The molecule has 0 spiro atoms. The Bertz CT molecular complexity index is 699. The minimum absolute atomic E-state index is 0.0196. The molecule has 0 saturated carbocycles. The third-order valence-electron chi connectivity index (χ3n) is 3.71. The van der Waals surface area contributed by atoms with Crippen LogP contribution in [0.4, 0.5) is 0 Å². The summed E-state index contributed by atoms with van der Waals surface area (Å²) in [6.45, 7) is 6.10. The monoisotopic (exact) mass is 354 g/mol. The SMILES string of the molecule is CC.CCCC(c1ccccc1)N(C)C(=O)/C(C#N)=C/c1cccs1. The Kier molecular flexibility index (Phi) is 9.28. The minimum Gasteiger partial charge on any atom is -0.334 e. The van der Waals surface area contributed by atoms with E-state index in [1.54, 1.807) is 18.0 Å². The average Bonchev–Trinajstić information content (AvgIpc) is 3.18. The van der Waals surface area contributed by atoms with E-state index in [1.807, 2.05) is 67.8 Å². The maximum absolute atomic E-state index is 12.7. The maximum Gasteiger partial charge on any atom is 0.264 e. The van der Waals surface area contributed by atoms with Crippen molar-refractivity contribution in [2.45, 2.75) is 39.7 Å². The molecular weight excluding hydrogens is 328 g/mol. The van der Waals surface area contributed by atoms with Gasteiger partial charge in [-0.05, 0) is 29.5 Å². The number of nitriles is 1. The van der Waals surface area contributed by atoms with E-state index in [9.17, 15) is 10.1 Å². The Morgan fingerprint density at radius 2 is 1.92 bits per heavy atom. The number of thiophene rings is 1. The Morgan fingerprint density at radius 1 is 1.24 bits per heavy atom. The second kappa shape index (κ2) is 11.2. The van der Waals surface area contributed by atoms with Crippen LogP contribution < -0.4 is 0 Å². The summed E-state index contributed by atoms with van der Waals surface area (Å²) < 4.78 is 0. The average molecular weight is 355 g/mol. The largest absolute Gasteiger partial charge is 0.334 e. The van der Waals surface area contributed by atoms with Gasteiger partial charge in [-0.1, -0.05) is 63.6 Å². The molecule has 4 heteroatoms. The van der Waals surface area contributed by atoms with E-state index in [1.165, 1.54) is 11.3 Å². The first-order chi connectivity index (χ1) is 12.2. The Balaban J connectivity index is 0.00000151. The molecular formula is C21H26N2OS. The molecule has 0 fully saturated rings. The van der Waals surface area contributed by atoms with Gasteiger partial charge in [-0.3, -0.25) is 4.79 Å². The van der Waals surface area contributed by atoms with Crippen LogP contribution in [0.2, 0.25) is 0 Å². The van der Waals surface area contributed by atoms with Gasteiger partial charge in [-0.25, -0.2) is 0 Å². The zero-order valence-corrected chi connectivity index (χ0v) is 16.2. The first-order valence-electron chi connectivity index (χ1n) is 8.64. The zero-order valence-electron chi connectivity index (χ0n) is 15.4. The summed E-state index contributed by atoms with van der Waals surface area (Å²) in [4.78, 5) is 15.3. The first kappa shape index (κ1) is 20.7. The molecule has 1 amide bonds. The van der Waals surface area contributed by atoms with E-state index in [-0.39, 0.29) is 17.5 Å². The molecule has 0 saturated heterocycles. The van der Waals surface area contributed by atoms with Crippen molar-refractivity contribution in [3.8, 4) is 6.07 Å². The fraction of sp³-hybridized carbons (Fsp3) is 0.333. The molecule has 0 N–H and O–H groups in total. The number of likely N-dealkylation sites (N-methyl/N-ethyl adjacent to an activating group) is 1. The molecule has 0 aliphatic heterocycles. The van der Waals surface area contributed by atoms with Crippen LogP contribution >= 0.6 is 11.3 Å². The highest BCUT2D eigenvalue weighted by Crippen LogP contribution is 2.26. The van der Waals surface area contributed by atoms with Crippen LogP contribution in [0.5, 0.6) is 0 Å². The predicted molar refractivity (Wildman–Crippen MR) is 106 cm³/mol. The van der Waals surface area contributed by atoms with Gasteiger partial charge in [0.1, 0.15) is 11.6 Å². The Labute approximate surface area is 155 Å². The van der Waals surface area contributed by atoms with E-state index < -0.39 is 0 Å². The van der Waals surface area contributed by atoms with E-state index in [2.05, 4.69) is 6.92 Å². The van der Waals surface area contributed by atoms with Gasteiger partial charge in [-0.2, -0.15) is 5.26 Å². The number of hydrogen-bond acceptors (Lipinski definition) is 3. The summed E-state index contributed by atoms with van der Waals surface area (Å²) in [7, 11) is 1.77. The fourth-order valence-corrected chi connectivity index (χ4v) is 3.18. The van der Waals surface area contributed by atoms with Crippen molar-refractivity contribution in [3.63, 3.8) is 0 Å². The van der Waals surface area contributed by atoms with Gasteiger partial charge in [0.2, 0.25) is 0 Å². The Hall–Kier alpha value is -2.38. The highest BCUT2D eigenvalue weighted by Gasteiger charge is 2.23. The first-order valence-corrected chi connectivity index (χ1v) is 9.52. The predicted octanol–water partition coefficient (Wildman–Crippen LogP) is 5.68. The molecule has 132 valence electrons. The molecule has 0 radical (unpaired) electrons. The highest BCUT2D eigenvalue weighted by molar-refractivity contribution is 7.10. The number of carbonyl (C=O) groups is 1. The topological polar surface area (TPSA) is 44.1 Å². The van der Waals surface area contributed by atoms with Crippen molar-refractivity contribution >= 4 is 23.3 Å². The summed E-state index contributed by atoms with van der Waals surface area (Å²) in [6, 6.07) is 15.8. The Morgan fingerprint density at radius 3 is 2.44 bits per heavy atom. The van der Waals surface area contributed by atoms with Crippen LogP contribution in [0.25, 0.3) is 6.08 Å². The quantitative estimate of drug-likeness (QED) is 0.495. The number of amides is 1. The summed E-state index contributed by atoms with van der Waals surface area (Å²) in [5, 5.41) is 11.3. The third-order valence-corrected chi connectivity index (χ3v) is 4.53. The summed E-state index contributed by atoms with van der Waals surface area (Å²) in [5.41, 5.74) is 1.27. The second-order valence-corrected chi connectivity index (χ2v) is 6.30. The van der Waals surface area contributed by atoms with Gasteiger partial charge < -0.3 is 4.90 Å². The molecule has 0 aliphatic rings. The van der Waals surface area contributed by atoms with Crippen molar-refractivity contribution in [1.29, 1.82) is 5.26 Å². The summed E-state index contributed by atoms with van der Waals surface area (Å²) in [5.74, 6) is -0.233. The molecule has 25 heavy (non-hydrogen) atoms. The van der Waals surface area contributed by atoms with Crippen LogP contribution in [0.3, 0.4) is 0 Å². The van der Waals surface area contributed by atoms with E-state index >= 15 is 0 Å². The molecule has 1 aromatic carbocycles. The van der Waals surface area contributed by atoms with E-state index in [0.29, 0.717) is 0 Å². The van der Waals surface area contributed by atoms with Crippen LogP contribution in [0, 0.1) is 11.3 Å². The second-order valence-electron chi connectivity index (χ2n) is 5.32. The number of nitrogens with zero attached hydrogens (tertiary/aromatic N) is 2. The van der Waals surface area contributed by atoms with Gasteiger partial charge in [0.15, 0.2) is 0 Å². The van der Waals surface area contributed by atoms with Crippen LogP contribution in [0.15, 0.2) is 53.4 Å². The van der Waals surface area contributed by atoms with Gasteiger partial charge in [0.25, 0.3) is 5.91 Å². The summed E-state index contributed by atoms with van der Waals surface area (Å²) in [6.07, 6.45) is 3.50. The van der Waals surface area contributed by atoms with Crippen molar-refractivity contribution in [3.05, 3.63) is 63.9 Å². The van der Waals surface area contributed by atoms with E-state index in [0.717, 1.165) is 23.3 Å². The molecule has 3 nitrogen and oxygen atoms in total. The highest BCUT2D eigenvalue weighted by atomic mass is 32.1. The van der Waals surface area contributed by atoms with Gasteiger partial charge in [0.05, 0.1) is 6.04 Å². The summed E-state index contributed by atoms with van der Waals surface area (Å²) >= 11 is 1.51. The van der Waals surface area contributed by atoms with Crippen LogP contribution in [0.1, 0.15) is 50.1 Å². The molecule has 0 bridgehead atoms. The van der Waals surface area contributed by atoms with E-state index in [4.69, 9.17) is 0 Å². The standard InChI is InChI=1S/C19H20N2OS.C2H6/c1-3-8-18(15-9-5-4-6-10-15)21(2)19(22)16(14-20)13-17-11-7-12-23-17;1-2/h4-7,9-13,18H,3,8H2,1-2H3;1-2H3/b16-13+;. The van der Waals surface area contributed by atoms with Crippen LogP contribution in [-0.2, 0) is 4.79 Å². The molecule has 2 aromatic rings. The van der Waals surface area contributed by atoms with Gasteiger partial charge in [0, 0.05) is 11.9 Å². The van der Waals surface area contributed by atoms with Gasteiger partial charge in [-0.15, -0.1) is 11.3 Å². The smallest absolute Gasteiger partial charge is 0.264 e. The lowest BCUT2D eigenvalue weighted by Crippen LogP contribution is -2.32. The number of hydrogen-bond donors (Lipinski definition) is 0. The van der Waals surface area contributed by atoms with Crippen molar-refractivity contribution in [2.24, 2.45) is 0 Å². The maximum atomic E-state index is 12.7. The lowest BCUT2D eigenvalue weighted by Gasteiger charge is -2.28. The van der Waals surface area contributed by atoms with Crippen molar-refractivity contribution < 1.29 is 4.79 Å². The molecule has 1 heterocycles. The van der Waals surface area contributed by atoms with Crippen molar-refractivity contribution in [2.75, 3.05) is 7.05 Å². The number of carbonyl (C=O) groups excluding carboxylic acids is 1. The van der Waals surface area contributed by atoms with Crippen molar-refractivity contribution in [1.82, 2.24) is 4.90 Å². The molecule has 1 unspecified atom stereocenters. The van der Waals surface area contributed by atoms with Gasteiger partial charge >= 0.3 is 0 Å². The zero-order chi connectivity index (χ0) is 18.7. The molecule has 1 atom stereocenters. The minimum atomic E-state index is -0.233.